The minimum Gasteiger partial charge on any atom is -0.467 e. The van der Waals surface area contributed by atoms with Crippen molar-refractivity contribution < 1.29 is 14.3 Å². The number of carbonyl (C=O) groups is 1. The molecular formula is C7H12ClNO3. The van der Waals surface area contributed by atoms with Gasteiger partial charge in [-0.05, 0) is 0 Å². The molecule has 0 spiro atoms. The average Bonchev–Trinajstić information content (AvgIpc) is 2.62. The predicted octanol–water partition coefficient (Wildman–Crippen LogP) is -0.288. The van der Waals surface area contributed by atoms with Crippen LogP contribution >= 0.6 is 12.4 Å². The van der Waals surface area contributed by atoms with E-state index >= 15 is 0 Å². The molecule has 2 bridgehead atoms. The van der Waals surface area contributed by atoms with E-state index in [4.69, 9.17) is 4.74 Å². The minimum absolute atomic E-state index is 0. The number of ether oxygens (including phenoxy) is 2. The molecule has 2 atom stereocenters. The lowest BCUT2D eigenvalue weighted by Gasteiger charge is -2.23. The number of fused-ring (bicyclic) bond motifs is 2. The zero-order valence-corrected chi connectivity index (χ0v) is 7.65. The summed E-state index contributed by atoms with van der Waals surface area (Å²) < 4.78 is 10.0. The Morgan fingerprint density at radius 3 is 2.83 bits per heavy atom. The summed E-state index contributed by atoms with van der Waals surface area (Å²) in [6.07, 6.45) is 0.764. The fraction of sp³-hybridized carbons (Fsp3) is 0.857. The predicted molar refractivity (Wildman–Crippen MR) is 44.4 cm³/mol. The third-order valence-electron chi connectivity index (χ3n) is 2.37. The largest absolute Gasteiger partial charge is 0.467 e. The first kappa shape index (κ1) is 9.77. The summed E-state index contributed by atoms with van der Waals surface area (Å²) in [6.45, 7) is 1.24. The fourth-order valence-electron chi connectivity index (χ4n) is 1.74. The molecule has 2 aliphatic rings. The summed E-state index contributed by atoms with van der Waals surface area (Å²) in [4.78, 5) is 11.2. The molecule has 0 aromatic carbocycles. The molecule has 2 aliphatic heterocycles. The van der Waals surface area contributed by atoms with E-state index in [0.717, 1.165) is 6.42 Å². The van der Waals surface area contributed by atoms with Gasteiger partial charge in [0.2, 0.25) is 0 Å². The van der Waals surface area contributed by atoms with Gasteiger partial charge in [-0.1, -0.05) is 0 Å². The first-order chi connectivity index (χ1) is 5.27. The van der Waals surface area contributed by atoms with Crippen LogP contribution in [0.4, 0.5) is 0 Å². The van der Waals surface area contributed by atoms with Gasteiger partial charge in [-0.2, -0.15) is 0 Å². The van der Waals surface area contributed by atoms with E-state index in [0.29, 0.717) is 19.2 Å². The smallest absolute Gasteiger partial charge is 0.339 e. The van der Waals surface area contributed by atoms with Crippen LogP contribution < -0.4 is 5.32 Å². The summed E-state index contributed by atoms with van der Waals surface area (Å²) >= 11 is 0. The van der Waals surface area contributed by atoms with Crippen LogP contribution in [0.2, 0.25) is 0 Å². The molecule has 0 radical (unpaired) electrons. The van der Waals surface area contributed by atoms with Crippen LogP contribution in [0, 0.1) is 0 Å². The van der Waals surface area contributed by atoms with E-state index in [1.807, 2.05) is 0 Å². The molecule has 0 unspecified atom stereocenters. The molecule has 0 aromatic rings. The van der Waals surface area contributed by atoms with Gasteiger partial charge in [-0.15, -0.1) is 12.4 Å². The third kappa shape index (κ3) is 1.20. The van der Waals surface area contributed by atoms with Crippen molar-refractivity contribution in [2.24, 2.45) is 0 Å². The summed E-state index contributed by atoms with van der Waals surface area (Å²) in [5.74, 6) is -0.245. The van der Waals surface area contributed by atoms with Crippen molar-refractivity contribution in [1.82, 2.24) is 5.32 Å². The van der Waals surface area contributed by atoms with Gasteiger partial charge in [-0.3, -0.25) is 0 Å². The number of carbonyl (C=O) groups excluding carboxylic acids is 1. The summed E-state index contributed by atoms with van der Waals surface area (Å²) in [6, 6.07) is 0.356. The van der Waals surface area contributed by atoms with Crippen LogP contribution in [0.5, 0.6) is 0 Å². The molecule has 2 saturated heterocycles. The fourth-order valence-corrected chi connectivity index (χ4v) is 1.74. The van der Waals surface area contributed by atoms with Gasteiger partial charge in [0, 0.05) is 19.0 Å². The molecule has 5 heteroatoms. The van der Waals surface area contributed by atoms with Crippen molar-refractivity contribution >= 4 is 18.4 Å². The zero-order valence-electron chi connectivity index (χ0n) is 6.83. The van der Waals surface area contributed by atoms with Crippen molar-refractivity contribution in [3.63, 3.8) is 0 Å². The van der Waals surface area contributed by atoms with Crippen LogP contribution in [0.15, 0.2) is 0 Å². The average molecular weight is 194 g/mol. The van der Waals surface area contributed by atoms with E-state index in [1.165, 1.54) is 7.11 Å². The highest BCUT2D eigenvalue weighted by molar-refractivity contribution is 5.85. The second-order valence-corrected chi connectivity index (χ2v) is 3.08. The maximum atomic E-state index is 11.2. The molecule has 2 fully saturated rings. The highest BCUT2D eigenvalue weighted by atomic mass is 35.5. The molecule has 2 heterocycles. The number of methoxy groups -OCH3 is 1. The molecule has 1 N–H and O–H groups in total. The Hall–Kier alpha value is -0.320. The van der Waals surface area contributed by atoms with Crippen LogP contribution in [-0.2, 0) is 14.3 Å². The second kappa shape index (κ2) is 3.20. The van der Waals surface area contributed by atoms with Crippen LogP contribution in [0.1, 0.15) is 6.42 Å². The van der Waals surface area contributed by atoms with Crippen molar-refractivity contribution in [1.29, 1.82) is 0 Å². The number of hydrogen-bond acceptors (Lipinski definition) is 4. The number of morpholine rings is 1. The van der Waals surface area contributed by atoms with Gasteiger partial charge >= 0.3 is 5.97 Å². The maximum Gasteiger partial charge on any atom is 0.339 e. The normalized spacial score (nSPS) is 37.6. The van der Waals surface area contributed by atoms with E-state index < -0.39 is 5.60 Å². The molecule has 0 aromatic heterocycles. The SMILES string of the molecule is COC(=O)[C@]12CN[C@H](CO1)C2.Cl. The van der Waals surface area contributed by atoms with Crippen molar-refractivity contribution in [3.05, 3.63) is 0 Å². The first-order valence-electron chi connectivity index (χ1n) is 3.73. The van der Waals surface area contributed by atoms with Crippen molar-refractivity contribution in [2.45, 2.75) is 18.1 Å². The first-order valence-corrected chi connectivity index (χ1v) is 3.73. The highest BCUT2D eigenvalue weighted by Gasteiger charge is 2.52. The number of hydrogen-bond donors (Lipinski definition) is 1. The topological polar surface area (TPSA) is 47.6 Å². The lowest BCUT2D eigenvalue weighted by Crippen LogP contribution is -2.45. The monoisotopic (exact) mass is 193 g/mol. The molecule has 12 heavy (non-hydrogen) atoms. The highest BCUT2D eigenvalue weighted by Crippen LogP contribution is 2.31. The Labute approximate surface area is 77.0 Å². The second-order valence-electron chi connectivity index (χ2n) is 3.08. The summed E-state index contributed by atoms with van der Waals surface area (Å²) in [5, 5.41) is 3.19. The van der Waals surface area contributed by atoms with Crippen molar-refractivity contribution in [3.8, 4) is 0 Å². The Balaban J connectivity index is 0.000000720. The van der Waals surface area contributed by atoms with E-state index in [9.17, 15) is 4.79 Å². The van der Waals surface area contributed by atoms with E-state index in [2.05, 4.69) is 10.1 Å². The van der Waals surface area contributed by atoms with Crippen molar-refractivity contribution in [2.75, 3.05) is 20.3 Å². The number of halogens is 1. The standard InChI is InChI=1S/C7H11NO3.ClH/c1-10-6(9)7-2-5(3-11-7)8-4-7;/h5,8H,2-4H2,1H3;1H/t5-,7-;/m0./s1. The number of nitrogens with one attached hydrogen (secondary N) is 1. The summed E-state index contributed by atoms with van der Waals surface area (Å²) in [7, 11) is 1.39. The quantitative estimate of drug-likeness (QED) is 0.582. The molecule has 0 amide bonds. The van der Waals surface area contributed by atoms with Gasteiger partial charge in [-0.25, -0.2) is 4.79 Å². The van der Waals surface area contributed by atoms with Gasteiger partial charge in [0.25, 0.3) is 0 Å². The van der Waals surface area contributed by atoms with Crippen LogP contribution in [0.3, 0.4) is 0 Å². The third-order valence-corrected chi connectivity index (χ3v) is 2.37. The molecule has 70 valence electrons. The molecular weight excluding hydrogens is 182 g/mol. The lowest BCUT2D eigenvalue weighted by atomic mass is 10.0. The van der Waals surface area contributed by atoms with Gasteiger partial charge in [0.15, 0.2) is 5.60 Å². The van der Waals surface area contributed by atoms with Crippen LogP contribution in [0.25, 0.3) is 0 Å². The minimum atomic E-state index is -0.653. The Morgan fingerprint density at radius 1 is 1.75 bits per heavy atom. The summed E-state index contributed by atoms with van der Waals surface area (Å²) in [5.41, 5.74) is -0.653. The maximum absolute atomic E-state index is 11.2. The van der Waals surface area contributed by atoms with Gasteiger partial charge in [0.05, 0.1) is 13.7 Å². The van der Waals surface area contributed by atoms with Gasteiger partial charge < -0.3 is 14.8 Å². The van der Waals surface area contributed by atoms with Crippen LogP contribution in [-0.4, -0.2) is 37.9 Å². The Kier molecular flexibility index (Phi) is 2.61. The Morgan fingerprint density at radius 2 is 2.50 bits per heavy atom. The molecule has 4 nitrogen and oxygen atoms in total. The van der Waals surface area contributed by atoms with E-state index in [1.54, 1.807) is 0 Å². The number of rotatable bonds is 1. The van der Waals surface area contributed by atoms with Gasteiger partial charge in [0.1, 0.15) is 0 Å². The zero-order chi connectivity index (χ0) is 7.90. The number of esters is 1. The van der Waals surface area contributed by atoms with E-state index in [-0.39, 0.29) is 18.4 Å². The molecule has 0 aliphatic carbocycles. The molecule has 2 rings (SSSR count). The Bertz CT molecular complexity index is 189. The lowest BCUT2D eigenvalue weighted by molar-refractivity contribution is -0.163. The molecule has 0 saturated carbocycles.